The molecular weight excluding hydrogens is 253 g/mol. The maximum atomic E-state index is 13.6. The molecule has 108 valence electrons. The van der Waals surface area contributed by atoms with E-state index in [1.807, 2.05) is 12.1 Å². The third-order valence-electron chi connectivity index (χ3n) is 4.76. The lowest BCUT2D eigenvalue weighted by Crippen LogP contribution is -2.42. The van der Waals surface area contributed by atoms with E-state index in [1.165, 1.54) is 31.7 Å². The van der Waals surface area contributed by atoms with Gasteiger partial charge in [0.1, 0.15) is 5.82 Å². The minimum absolute atomic E-state index is 0.160. The highest BCUT2D eigenvalue weighted by molar-refractivity contribution is 5.80. The smallest absolute Gasteiger partial charge is 0.193 e. The lowest BCUT2D eigenvalue weighted by molar-refractivity contribution is 0.151. The normalized spacial score (nSPS) is 21.1. The van der Waals surface area contributed by atoms with Gasteiger partial charge in [-0.05, 0) is 30.7 Å². The first-order valence-electron chi connectivity index (χ1n) is 7.41. The van der Waals surface area contributed by atoms with Crippen LogP contribution >= 0.6 is 0 Å². The van der Waals surface area contributed by atoms with E-state index >= 15 is 0 Å². The van der Waals surface area contributed by atoms with Gasteiger partial charge in [0.2, 0.25) is 0 Å². The summed E-state index contributed by atoms with van der Waals surface area (Å²) in [5, 5.41) is 3.29. The summed E-state index contributed by atoms with van der Waals surface area (Å²) >= 11 is 0. The Morgan fingerprint density at radius 1 is 1.35 bits per heavy atom. The first-order chi connectivity index (χ1) is 9.72. The number of nitrogens with one attached hydrogen (secondary N) is 1. The molecule has 4 heteroatoms. The molecule has 1 saturated carbocycles. The fourth-order valence-corrected chi connectivity index (χ4v) is 3.35. The molecule has 2 fully saturated rings. The fourth-order valence-electron chi connectivity index (χ4n) is 3.35. The number of halogens is 1. The van der Waals surface area contributed by atoms with Gasteiger partial charge in [-0.2, -0.15) is 0 Å². The Balaban J connectivity index is 1.60. The van der Waals surface area contributed by atoms with Crippen molar-refractivity contribution in [2.24, 2.45) is 10.4 Å². The fraction of sp³-hybridized carbons (Fsp3) is 0.562. The van der Waals surface area contributed by atoms with E-state index < -0.39 is 0 Å². The van der Waals surface area contributed by atoms with E-state index in [4.69, 9.17) is 0 Å². The maximum Gasteiger partial charge on any atom is 0.193 e. The Morgan fingerprint density at radius 2 is 2.15 bits per heavy atom. The summed E-state index contributed by atoms with van der Waals surface area (Å²) in [5.74, 6) is 0.740. The molecule has 1 N–H and O–H groups in total. The van der Waals surface area contributed by atoms with E-state index in [2.05, 4.69) is 15.2 Å². The number of aliphatic imine (C=N–C) groups is 1. The molecule has 0 aromatic heterocycles. The molecule has 1 spiro atoms. The molecule has 3 rings (SSSR count). The summed E-state index contributed by atoms with van der Waals surface area (Å²) in [6, 6.07) is 6.89. The molecule has 1 saturated heterocycles. The largest absolute Gasteiger partial charge is 0.352 e. The number of likely N-dealkylation sites (tertiary alicyclic amines) is 1. The molecule has 2 aliphatic rings. The number of benzene rings is 1. The Morgan fingerprint density at radius 3 is 2.75 bits per heavy atom. The number of hydrogen-bond acceptors (Lipinski definition) is 1. The number of hydrogen-bond donors (Lipinski definition) is 1. The first kappa shape index (κ1) is 13.4. The van der Waals surface area contributed by atoms with E-state index in [0.29, 0.717) is 17.5 Å². The van der Waals surface area contributed by atoms with Gasteiger partial charge in [-0.25, -0.2) is 4.39 Å². The third kappa shape index (κ3) is 2.51. The number of rotatable bonds is 2. The average Bonchev–Trinajstić information content (AvgIpc) is 2.87. The van der Waals surface area contributed by atoms with Gasteiger partial charge in [-0.3, -0.25) is 4.99 Å². The van der Waals surface area contributed by atoms with Crippen LogP contribution in [0.4, 0.5) is 4.39 Å². The van der Waals surface area contributed by atoms with Crippen LogP contribution in [-0.2, 0) is 6.54 Å². The average molecular weight is 275 g/mol. The molecule has 0 unspecified atom stereocenters. The van der Waals surface area contributed by atoms with Gasteiger partial charge in [0.25, 0.3) is 0 Å². The van der Waals surface area contributed by atoms with Crippen LogP contribution in [0, 0.1) is 11.2 Å². The van der Waals surface area contributed by atoms with Crippen molar-refractivity contribution in [3.63, 3.8) is 0 Å². The van der Waals surface area contributed by atoms with Gasteiger partial charge in [0, 0.05) is 32.2 Å². The van der Waals surface area contributed by atoms with Crippen LogP contribution in [0.25, 0.3) is 0 Å². The SMILES string of the molecule is CN=C(NCc1ccccc1F)N1CCC2(CCC2)C1. The minimum Gasteiger partial charge on any atom is -0.352 e. The van der Waals surface area contributed by atoms with Gasteiger partial charge < -0.3 is 10.2 Å². The molecule has 1 aromatic rings. The summed E-state index contributed by atoms with van der Waals surface area (Å²) in [7, 11) is 1.80. The van der Waals surface area contributed by atoms with Crippen LogP contribution in [-0.4, -0.2) is 31.0 Å². The minimum atomic E-state index is -0.160. The van der Waals surface area contributed by atoms with Gasteiger partial charge in [0.15, 0.2) is 5.96 Å². The zero-order chi connectivity index (χ0) is 14.0. The van der Waals surface area contributed by atoms with Crippen LogP contribution in [0.2, 0.25) is 0 Å². The predicted molar refractivity (Wildman–Crippen MR) is 79.1 cm³/mol. The second-order valence-corrected chi connectivity index (χ2v) is 6.02. The zero-order valence-corrected chi connectivity index (χ0v) is 12.0. The van der Waals surface area contributed by atoms with Crippen molar-refractivity contribution in [1.82, 2.24) is 10.2 Å². The molecule has 3 nitrogen and oxygen atoms in total. The Kier molecular flexibility index (Phi) is 3.64. The molecule has 0 radical (unpaired) electrons. The van der Waals surface area contributed by atoms with E-state index in [0.717, 1.165) is 19.0 Å². The van der Waals surface area contributed by atoms with Crippen molar-refractivity contribution < 1.29 is 4.39 Å². The van der Waals surface area contributed by atoms with Gasteiger partial charge in [0.05, 0.1) is 0 Å². The topological polar surface area (TPSA) is 27.6 Å². The molecule has 1 aliphatic carbocycles. The highest BCUT2D eigenvalue weighted by Gasteiger charge is 2.43. The summed E-state index contributed by atoms with van der Waals surface area (Å²) in [4.78, 5) is 6.67. The van der Waals surface area contributed by atoms with Crippen LogP contribution in [0.3, 0.4) is 0 Å². The molecule has 1 heterocycles. The van der Waals surface area contributed by atoms with Crippen molar-refractivity contribution in [1.29, 1.82) is 0 Å². The van der Waals surface area contributed by atoms with Gasteiger partial charge in [-0.15, -0.1) is 0 Å². The van der Waals surface area contributed by atoms with E-state index in [1.54, 1.807) is 13.1 Å². The Hall–Kier alpha value is -1.58. The van der Waals surface area contributed by atoms with Crippen LogP contribution in [0.5, 0.6) is 0 Å². The van der Waals surface area contributed by atoms with E-state index in [-0.39, 0.29) is 5.82 Å². The quantitative estimate of drug-likeness (QED) is 0.664. The van der Waals surface area contributed by atoms with Crippen molar-refractivity contribution in [3.8, 4) is 0 Å². The van der Waals surface area contributed by atoms with Crippen molar-refractivity contribution >= 4 is 5.96 Å². The van der Waals surface area contributed by atoms with Gasteiger partial charge in [-0.1, -0.05) is 24.6 Å². The highest BCUT2D eigenvalue weighted by atomic mass is 19.1. The maximum absolute atomic E-state index is 13.6. The summed E-state index contributed by atoms with van der Waals surface area (Å²) < 4.78 is 13.6. The third-order valence-corrected chi connectivity index (χ3v) is 4.76. The summed E-state index contributed by atoms with van der Waals surface area (Å²) in [6.07, 6.45) is 5.35. The van der Waals surface area contributed by atoms with Crippen molar-refractivity contribution in [3.05, 3.63) is 35.6 Å². The number of nitrogens with zero attached hydrogens (tertiary/aromatic N) is 2. The standard InChI is InChI=1S/C16H22FN3/c1-18-15(19-11-13-5-2-3-6-14(13)17)20-10-9-16(12-20)7-4-8-16/h2-3,5-6H,4,7-12H2,1H3,(H,18,19). The van der Waals surface area contributed by atoms with Gasteiger partial charge >= 0.3 is 0 Å². The first-order valence-corrected chi connectivity index (χ1v) is 7.41. The van der Waals surface area contributed by atoms with Crippen molar-refractivity contribution in [2.75, 3.05) is 20.1 Å². The molecule has 0 atom stereocenters. The highest BCUT2D eigenvalue weighted by Crippen LogP contribution is 2.47. The summed E-state index contributed by atoms with van der Waals surface area (Å²) in [5.41, 5.74) is 1.24. The summed E-state index contributed by atoms with van der Waals surface area (Å²) in [6.45, 7) is 2.66. The number of guanidine groups is 1. The van der Waals surface area contributed by atoms with E-state index in [9.17, 15) is 4.39 Å². The molecule has 0 amide bonds. The Labute approximate surface area is 119 Å². The van der Waals surface area contributed by atoms with Crippen molar-refractivity contribution in [2.45, 2.75) is 32.2 Å². The molecule has 1 aliphatic heterocycles. The van der Waals surface area contributed by atoms with Crippen LogP contribution < -0.4 is 5.32 Å². The molecule has 20 heavy (non-hydrogen) atoms. The molecule has 1 aromatic carbocycles. The second-order valence-electron chi connectivity index (χ2n) is 6.02. The zero-order valence-electron chi connectivity index (χ0n) is 12.0. The van der Waals surface area contributed by atoms with Crippen LogP contribution in [0.15, 0.2) is 29.3 Å². The van der Waals surface area contributed by atoms with Crippen LogP contribution in [0.1, 0.15) is 31.2 Å². The molecule has 0 bridgehead atoms. The lowest BCUT2D eigenvalue weighted by atomic mass is 9.68. The molecular formula is C16H22FN3. The second kappa shape index (κ2) is 5.43. The monoisotopic (exact) mass is 275 g/mol. The lowest BCUT2D eigenvalue weighted by Gasteiger charge is -2.38. The Bertz CT molecular complexity index is 508. The predicted octanol–water partition coefficient (Wildman–Crippen LogP) is 2.78.